The summed E-state index contributed by atoms with van der Waals surface area (Å²) in [6.45, 7) is 2.73. The van der Waals surface area contributed by atoms with E-state index >= 15 is 0 Å². The van der Waals surface area contributed by atoms with Crippen LogP contribution in [0.3, 0.4) is 0 Å². The van der Waals surface area contributed by atoms with Crippen LogP contribution >= 0.6 is 27.5 Å². The van der Waals surface area contributed by atoms with Crippen LogP contribution in [0.4, 0.5) is 0 Å². The van der Waals surface area contributed by atoms with Gasteiger partial charge in [-0.15, -0.1) is 0 Å². The highest BCUT2D eigenvalue weighted by Crippen LogP contribution is 2.32. The maximum Gasteiger partial charge on any atom is 0.161 e. The summed E-state index contributed by atoms with van der Waals surface area (Å²) in [5.74, 6) is 6.42. The number of hydrazine groups is 1. The molecule has 5 nitrogen and oxygen atoms in total. The zero-order valence-electron chi connectivity index (χ0n) is 11.2. The molecule has 0 aliphatic rings. The van der Waals surface area contributed by atoms with Crippen LogP contribution in [0.15, 0.2) is 28.9 Å². The van der Waals surface area contributed by atoms with Gasteiger partial charge in [-0.25, -0.2) is 5.43 Å². The Morgan fingerprint density at radius 2 is 2.25 bits per heavy atom. The SMILES string of the molecule is CCn1ncc(OC)c1C(NN)c1cc(Cl)cc(Br)c1. The molecule has 2 aromatic rings. The number of aromatic nitrogens is 2. The van der Waals surface area contributed by atoms with Crippen LogP contribution in [-0.2, 0) is 6.54 Å². The minimum absolute atomic E-state index is 0.262. The van der Waals surface area contributed by atoms with Crippen molar-refractivity contribution in [3.63, 3.8) is 0 Å². The number of rotatable bonds is 5. The predicted molar refractivity (Wildman–Crippen MR) is 82.8 cm³/mol. The number of halogens is 2. The van der Waals surface area contributed by atoms with E-state index in [1.54, 1.807) is 13.3 Å². The molecule has 1 aromatic carbocycles. The van der Waals surface area contributed by atoms with Crippen LogP contribution in [0.5, 0.6) is 5.75 Å². The Balaban J connectivity index is 2.54. The summed E-state index contributed by atoms with van der Waals surface area (Å²) in [4.78, 5) is 0. The van der Waals surface area contributed by atoms with Gasteiger partial charge in [-0.05, 0) is 30.7 Å². The van der Waals surface area contributed by atoms with Crippen molar-refractivity contribution >= 4 is 27.5 Å². The third-order valence-corrected chi connectivity index (χ3v) is 3.70. The van der Waals surface area contributed by atoms with Gasteiger partial charge in [0.2, 0.25) is 0 Å². The molecular formula is C13H16BrClN4O. The van der Waals surface area contributed by atoms with Crippen LogP contribution < -0.4 is 16.0 Å². The molecule has 3 N–H and O–H groups in total. The zero-order valence-corrected chi connectivity index (χ0v) is 13.6. The van der Waals surface area contributed by atoms with E-state index in [4.69, 9.17) is 22.2 Å². The Morgan fingerprint density at radius 3 is 2.80 bits per heavy atom. The maximum atomic E-state index is 6.11. The quantitative estimate of drug-likeness (QED) is 0.636. The Hall–Kier alpha value is -1.08. The Labute approximate surface area is 131 Å². The first-order valence-corrected chi connectivity index (χ1v) is 7.29. The lowest BCUT2D eigenvalue weighted by Crippen LogP contribution is -2.31. The first-order valence-electron chi connectivity index (χ1n) is 6.12. The van der Waals surface area contributed by atoms with Crippen LogP contribution in [0.25, 0.3) is 0 Å². The van der Waals surface area contributed by atoms with Crippen LogP contribution in [0, 0.1) is 0 Å². The molecule has 0 saturated carbocycles. The molecule has 0 fully saturated rings. The minimum atomic E-state index is -0.262. The normalized spacial score (nSPS) is 12.4. The van der Waals surface area contributed by atoms with Gasteiger partial charge >= 0.3 is 0 Å². The van der Waals surface area contributed by atoms with Gasteiger partial charge in [0.05, 0.1) is 19.3 Å². The number of nitrogens with two attached hydrogens (primary N) is 1. The van der Waals surface area contributed by atoms with E-state index in [-0.39, 0.29) is 6.04 Å². The summed E-state index contributed by atoms with van der Waals surface area (Å²) in [5.41, 5.74) is 4.60. The summed E-state index contributed by atoms with van der Waals surface area (Å²) >= 11 is 9.55. The molecule has 0 spiro atoms. The summed E-state index contributed by atoms with van der Waals surface area (Å²) in [6.07, 6.45) is 1.68. The number of methoxy groups -OCH3 is 1. The fourth-order valence-electron chi connectivity index (χ4n) is 2.15. The van der Waals surface area contributed by atoms with Crippen molar-refractivity contribution in [2.45, 2.75) is 19.5 Å². The number of aryl methyl sites for hydroxylation is 1. The van der Waals surface area contributed by atoms with Crippen LogP contribution in [-0.4, -0.2) is 16.9 Å². The molecule has 0 aliphatic carbocycles. The molecule has 7 heteroatoms. The molecule has 1 heterocycles. The molecule has 1 atom stereocenters. The van der Waals surface area contributed by atoms with Crippen molar-refractivity contribution in [1.82, 2.24) is 15.2 Å². The predicted octanol–water partition coefficient (Wildman–Crippen LogP) is 2.88. The lowest BCUT2D eigenvalue weighted by molar-refractivity contribution is 0.399. The number of benzene rings is 1. The van der Waals surface area contributed by atoms with Crippen LogP contribution in [0.2, 0.25) is 5.02 Å². The van der Waals surface area contributed by atoms with Gasteiger partial charge in [0.25, 0.3) is 0 Å². The molecule has 0 amide bonds. The Kier molecular flexibility index (Phi) is 5.04. The van der Waals surface area contributed by atoms with Gasteiger partial charge in [-0.2, -0.15) is 5.10 Å². The highest BCUT2D eigenvalue weighted by atomic mass is 79.9. The molecular weight excluding hydrogens is 344 g/mol. The Morgan fingerprint density at radius 1 is 1.50 bits per heavy atom. The van der Waals surface area contributed by atoms with Crippen LogP contribution in [0.1, 0.15) is 24.2 Å². The molecule has 1 aromatic heterocycles. The van der Waals surface area contributed by atoms with E-state index in [2.05, 4.69) is 26.5 Å². The first-order chi connectivity index (χ1) is 9.60. The number of nitrogens with zero attached hydrogens (tertiary/aromatic N) is 2. The number of nitrogens with one attached hydrogen (secondary N) is 1. The summed E-state index contributed by atoms with van der Waals surface area (Å²) < 4.78 is 8.10. The second kappa shape index (κ2) is 6.58. The van der Waals surface area contributed by atoms with Crippen molar-refractivity contribution in [2.75, 3.05) is 7.11 Å². The van der Waals surface area contributed by atoms with Gasteiger partial charge in [0, 0.05) is 16.0 Å². The highest BCUT2D eigenvalue weighted by molar-refractivity contribution is 9.10. The zero-order chi connectivity index (χ0) is 14.7. The van der Waals surface area contributed by atoms with E-state index in [1.165, 1.54) is 0 Å². The average molecular weight is 360 g/mol. The molecule has 0 radical (unpaired) electrons. The fraction of sp³-hybridized carbons (Fsp3) is 0.308. The smallest absolute Gasteiger partial charge is 0.161 e. The molecule has 108 valence electrons. The van der Waals surface area contributed by atoms with Gasteiger partial charge in [-0.3, -0.25) is 10.5 Å². The number of hydrogen-bond donors (Lipinski definition) is 2. The fourth-order valence-corrected chi connectivity index (χ4v) is 3.04. The van der Waals surface area contributed by atoms with Gasteiger partial charge < -0.3 is 4.74 Å². The summed E-state index contributed by atoms with van der Waals surface area (Å²) in [7, 11) is 1.61. The minimum Gasteiger partial charge on any atom is -0.493 e. The van der Waals surface area contributed by atoms with E-state index < -0.39 is 0 Å². The summed E-state index contributed by atoms with van der Waals surface area (Å²) in [6, 6.07) is 5.39. The third-order valence-electron chi connectivity index (χ3n) is 3.02. The van der Waals surface area contributed by atoms with Gasteiger partial charge in [0.15, 0.2) is 5.75 Å². The summed E-state index contributed by atoms with van der Waals surface area (Å²) in [5, 5.41) is 4.93. The molecule has 0 bridgehead atoms. The lowest BCUT2D eigenvalue weighted by atomic mass is 10.0. The van der Waals surface area contributed by atoms with Gasteiger partial charge in [0.1, 0.15) is 5.69 Å². The maximum absolute atomic E-state index is 6.11. The average Bonchev–Trinajstić information content (AvgIpc) is 2.81. The van der Waals surface area contributed by atoms with Gasteiger partial charge in [-0.1, -0.05) is 27.5 Å². The van der Waals surface area contributed by atoms with E-state index in [0.717, 1.165) is 22.3 Å². The van der Waals surface area contributed by atoms with E-state index in [0.29, 0.717) is 10.8 Å². The largest absolute Gasteiger partial charge is 0.493 e. The van der Waals surface area contributed by atoms with Crippen molar-refractivity contribution in [1.29, 1.82) is 0 Å². The van der Waals surface area contributed by atoms with Crippen molar-refractivity contribution in [2.24, 2.45) is 5.84 Å². The van der Waals surface area contributed by atoms with E-state index in [1.807, 2.05) is 29.8 Å². The Bertz CT molecular complexity index is 560. The third kappa shape index (κ3) is 2.98. The second-order valence-corrected chi connectivity index (χ2v) is 5.57. The highest BCUT2D eigenvalue weighted by Gasteiger charge is 2.22. The number of hydrogen-bond acceptors (Lipinski definition) is 4. The molecule has 1 unspecified atom stereocenters. The lowest BCUT2D eigenvalue weighted by Gasteiger charge is -2.19. The second-order valence-electron chi connectivity index (χ2n) is 4.22. The molecule has 20 heavy (non-hydrogen) atoms. The number of ether oxygens (including phenoxy) is 1. The standard InChI is InChI=1S/C13H16BrClN4O/c1-3-19-13(11(20-2)7-17-19)12(18-16)8-4-9(14)6-10(15)5-8/h4-7,12,18H,3,16H2,1-2H3. The van der Waals surface area contributed by atoms with Crippen molar-refractivity contribution < 1.29 is 4.74 Å². The molecule has 2 rings (SSSR count). The first kappa shape index (κ1) is 15.3. The van der Waals surface area contributed by atoms with Crippen molar-refractivity contribution in [3.05, 3.63) is 45.1 Å². The van der Waals surface area contributed by atoms with Crippen molar-refractivity contribution in [3.8, 4) is 5.75 Å². The molecule has 0 aliphatic heterocycles. The topological polar surface area (TPSA) is 65.1 Å². The van der Waals surface area contributed by atoms with E-state index in [9.17, 15) is 0 Å². The molecule has 0 saturated heterocycles. The monoisotopic (exact) mass is 358 g/mol.